The van der Waals surface area contributed by atoms with Gasteiger partial charge in [0.15, 0.2) is 11.5 Å². The molecule has 3 heterocycles. The monoisotopic (exact) mass is 368 g/mol. The van der Waals surface area contributed by atoms with E-state index in [1.165, 1.54) is 5.56 Å². The highest BCUT2D eigenvalue weighted by Gasteiger charge is 2.38. The van der Waals surface area contributed by atoms with Crippen molar-refractivity contribution in [3.8, 4) is 11.5 Å². The van der Waals surface area contributed by atoms with Crippen LogP contribution < -0.4 is 9.47 Å². The maximum absolute atomic E-state index is 9.87. The van der Waals surface area contributed by atoms with Gasteiger partial charge < -0.3 is 14.6 Å². The molecule has 0 amide bonds. The van der Waals surface area contributed by atoms with Gasteiger partial charge in [0.05, 0.1) is 6.10 Å². The summed E-state index contributed by atoms with van der Waals surface area (Å²) < 4.78 is 12.0. The van der Waals surface area contributed by atoms with E-state index >= 15 is 0 Å². The van der Waals surface area contributed by atoms with E-state index in [9.17, 15) is 5.11 Å². The van der Waals surface area contributed by atoms with Gasteiger partial charge in [0.2, 0.25) is 6.79 Å². The molecule has 0 spiro atoms. The number of halogens is 1. The lowest BCUT2D eigenvalue weighted by molar-refractivity contribution is 0.0527. The predicted molar refractivity (Wildman–Crippen MR) is 86.1 cm³/mol. The van der Waals surface area contributed by atoms with Crippen LogP contribution in [-0.4, -0.2) is 59.5 Å². The second kappa shape index (κ2) is 5.67. The van der Waals surface area contributed by atoms with Gasteiger partial charge in [-0.2, -0.15) is 0 Å². The zero-order valence-electron chi connectivity index (χ0n) is 12.7. The third-order valence-electron chi connectivity index (χ3n) is 4.99. The molecule has 0 radical (unpaired) electrons. The summed E-state index contributed by atoms with van der Waals surface area (Å²) in [5.41, 5.74) is 1.23. The number of nitrogens with zero attached hydrogens (tertiary/aromatic N) is 2. The standard InChI is InChI=1S/C16H21BrN2O3/c1-10-5-19-8-13(20)3-12(19)7-18(10)6-11-2-15-16(4-14(11)17)22-9-21-15/h2,4,10,12-13,20H,3,5-9H2,1H3/t10-,12+,13+/m0/s1. The predicted octanol–water partition coefficient (Wildman–Crippen LogP) is 1.82. The molecule has 3 aliphatic heterocycles. The Labute approximate surface area is 138 Å². The second-order valence-corrected chi connectivity index (χ2v) is 7.43. The Balaban J connectivity index is 1.51. The van der Waals surface area contributed by atoms with Crippen molar-refractivity contribution in [1.82, 2.24) is 9.80 Å². The minimum Gasteiger partial charge on any atom is -0.454 e. The van der Waals surface area contributed by atoms with Crippen LogP contribution in [0, 0.1) is 0 Å². The smallest absolute Gasteiger partial charge is 0.231 e. The number of ether oxygens (including phenoxy) is 2. The van der Waals surface area contributed by atoms with E-state index in [2.05, 4.69) is 38.7 Å². The van der Waals surface area contributed by atoms with Crippen LogP contribution in [-0.2, 0) is 6.54 Å². The van der Waals surface area contributed by atoms with Crippen molar-refractivity contribution in [2.45, 2.75) is 38.1 Å². The topological polar surface area (TPSA) is 45.2 Å². The summed E-state index contributed by atoms with van der Waals surface area (Å²) in [7, 11) is 0. The summed E-state index contributed by atoms with van der Waals surface area (Å²) in [4.78, 5) is 4.93. The highest BCUT2D eigenvalue weighted by molar-refractivity contribution is 9.10. The van der Waals surface area contributed by atoms with E-state index in [-0.39, 0.29) is 6.10 Å². The summed E-state index contributed by atoms with van der Waals surface area (Å²) in [6, 6.07) is 5.05. The Morgan fingerprint density at radius 1 is 1.23 bits per heavy atom. The molecule has 0 bridgehead atoms. The van der Waals surface area contributed by atoms with Crippen LogP contribution in [0.4, 0.5) is 0 Å². The normalized spacial score (nSPS) is 31.5. The lowest BCUT2D eigenvalue weighted by Crippen LogP contribution is -2.54. The molecule has 1 N–H and O–H groups in total. The van der Waals surface area contributed by atoms with Gasteiger partial charge in [0.25, 0.3) is 0 Å². The van der Waals surface area contributed by atoms with Crippen molar-refractivity contribution in [2.75, 3.05) is 26.4 Å². The molecule has 3 aliphatic rings. The highest BCUT2D eigenvalue weighted by atomic mass is 79.9. The molecule has 2 fully saturated rings. The van der Waals surface area contributed by atoms with Crippen LogP contribution in [0.2, 0.25) is 0 Å². The van der Waals surface area contributed by atoms with Crippen LogP contribution in [0.3, 0.4) is 0 Å². The van der Waals surface area contributed by atoms with Crippen molar-refractivity contribution < 1.29 is 14.6 Å². The van der Waals surface area contributed by atoms with Gasteiger partial charge in [-0.1, -0.05) is 15.9 Å². The van der Waals surface area contributed by atoms with Gasteiger partial charge >= 0.3 is 0 Å². The Morgan fingerprint density at radius 3 is 2.82 bits per heavy atom. The summed E-state index contributed by atoms with van der Waals surface area (Å²) in [5, 5.41) is 9.87. The van der Waals surface area contributed by atoms with Gasteiger partial charge in [0, 0.05) is 42.7 Å². The second-order valence-electron chi connectivity index (χ2n) is 6.57. The molecule has 120 valence electrons. The van der Waals surface area contributed by atoms with E-state index in [1.54, 1.807) is 0 Å². The molecule has 22 heavy (non-hydrogen) atoms. The summed E-state index contributed by atoms with van der Waals surface area (Å²) in [5.74, 6) is 1.65. The largest absolute Gasteiger partial charge is 0.454 e. The van der Waals surface area contributed by atoms with Crippen LogP contribution in [0.5, 0.6) is 11.5 Å². The molecule has 0 saturated carbocycles. The number of rotatable bonds is 2. The van der Waals surface area contributed by atoms with Gasteiger partial charge in [-0.15, -0.1) is 0 Å². The Morgan fingerprint density at radius 2 is 2.00 bits per heavy atom. The van der Waals surface area contributed by atoms with Crippen molar-refractivity contribution in [3.05, 3.63) is 22.2 Å². The zero-order chi connectivity index (χ0) is 15.3. The molecule has 3 atom stereocenters. The minimum absolute atomic E-state index is 0.158. The number of benzene rings is 1. The minimum atomic E-state index is -0.158. The molecule has 4 rings (SSSR count). The lowest BCUT2D eigenvalue weighted by atomic mass is 10.1. The molecule has 1 aromatic carbocycles. The van der Waals surface area contributed by atoms with E-state index in [4.69, 9.17) is 9.47 Å². The Kier molecular flexibility index (Phi) is 3.80. The fraction of sp³-hybridized carbons (Fsp3) is 0.625. The van der Waals surface area contributed by atoms with Crippen LogP contribution in [0.25, 0.3) is 0 Å². The van der Waals surface area contributed by atoms with Gasteiger partial charge in [-0.25, -0.2) is 0 Å². The molecule has 1 aromatic rings. The summed E-state index contributed by atoms with van der Waals surface area (Å²) in [6.45, 7) is 6.33. The Bertz CT molecular complexity index is 583. The molecule has 2 saturated heterocycles. The number of aliphatic hydroxyl groups is 1. The lowest BCUT2D eigenvalue weighted by Gasteiger charge is -2.42. The van der Waals surface area contributed by atoms with Gasteiger partial charge in [-0.05, 0) is 31.0 Å². The van der Waals surface area contributed by atoms with E-state index in [0.29, 0.717) is 18.9 Å². The molecular weight excluding hydrogens is 348 g/mol. The number of fused-ring (bicyclic) bond motifs is 2. The van der Waals surface area contributed by atoms with E-state index < -0.39 is 0 Å². The highest BCUT2D eigenvalue weighted by Crippen LogP contribution is 2.38. The van der Waals surface area contributed by atoms with Crippen LogP contribution >= 0.6 is 15.9 Å². The summed E-state index contributed by atoms with van der Waals surface area (Å²) in [6.07, 6.45) is 0.736. The molecule has 5 nitrogen and oxygen atoms in total. The Hall–Kier alpha value is -0.820. The van der Waals surface area contributed by atoms with E-state index in [0.717, 1.165) is 48.6 Å². The summed E-state index contributed by atoms with van der Waals surface area (Å²) >= 11 is 3.65. The first kappa shape index (κ1) is 14.8. The van der Waals surface area contributed by atoms with Crippen molar-refractivity contribution in [3.63, 3.8) is 0 Å². The van der Waals surface area contributed by atoms with Crippen LogP contribution in [0.1, 0.15) is 18.9 Å². The van der Waals surface area contributed by atoms with Crippen molar-refractivity contribution in [2.24, 2.45) is 0 Å². The van der Waals surface area contributed by atoms with Crippen LogP contribution in [0.15, 0.2) is 16.6 Å². The maximum Gasteiger partial charge on any atom is 0.231 e. The van der Waals surface area contributed by atoms with Gasteiger partial charge in [0.1, 0.15) is 0 Å². The first-order chi connectivity index (χ1) is 10.6. The molecular formula is C16H21BrN2O3. The number of hydrogen-bond donors (Lipinski definition) is 1. The molecule has 6 heteroatoms. The third-order valence-corrected chi connectivity index (χ3v) is 5.73. The fourth-order valence-electron chi connectivity index (χ4n) is 3.80. The molecule has 0 aromatic heterocycles. The number of piperazine rings is 1. The number of aliphatic hydroxyl groups excluding tert-OH is 1. The van der Waals surface area contributed by atoms with Crippen molar-refractivity contribution in [1.29, 1.82) is 0 Å². The zero-order valence-corrected chi connectivity index (χ0v) is 14.3. The number of hydrogen-bond acceptors (Lipinski definition) is 5. The SMILES string of the molecule is C[C@H]1CN2C[C@H](O)C[C@@H]2CN1Cc1cc2c(cc1Br)OCO2. The molecule has 0 aliphatic carbocycles. The first-order valence-electron chi connectivity index (χ1n) is 7.84. The third kappa shape index (κ3) is 2.62. The average Bonchev–Trinajstić information content (AvgIpc) is 3.04. The average molecular weight is 369 g/mol. The first-order valence-corrected chi connectivity index (χ1v) is 8.63. The van der Waals surface area contributed by atoms with Crippen molar-refractivity contribution >= 4 is 15.9 Å². The van der Waals surface area contributed by atoms with E-state index in [1.807, 2.05) is 6.07 Å². The maximum atomic E-state index is 9.87. The van der Waals surface area contributed by atoms with Gasteiger partial charge in [-0.3, -0.25) is 9.80 Å². The quantitative estimate of drug-likeness (QED) is 0.862. The molecule has 0 unspecified atom stereocenters. The fourth-order valence-corrected chi connectivity index (χ4v) is 4.24.